The lowest BCUT2D eigenvalue weighted by molar-refractivity contribution is 0.0607. The van der Waals surface area contributed by atoms with Gasteiger partial charge in [0.15, 0.2) is 0 Å². The number of hydrogen-bond acceptors (Lipinski definition) is 4. The van der Waals surface area contributed by atoms with Gasteiger partial charge in [0.2, 0.25) is 0 Å². The van der Waals surface area contributed by atoms with E-state index in [1.165, 1.54) is 18.4 Å². The molecule has 0 fully saturated rings. The molecule has 1 aromatic carbocycles. The minimum absolute atomic E-state index is 0.202. The molecule has 21 heavy (non-hydrogen) atoms. The molecule has 5 heteroatoms. The third-order valence-corrected chi connectivity index (χ3v) is 5.09. The normalized spacial score (nSPS) is 11.0. The Hall–Kier alpha value is -1.52. The number of ether oxygens (including phenoxy) is 1. The number of carbonyl (C=O) groups excluding carboxylic acids is 1. The van der Waals surface area contributed by atoms with Crippen LogP contribution in [0, 0.1) is 6.92 Å². The summed E-state index contributed by atoms with van der Waals surface area (Å²) in [7, 11) is 1.36. The van der Waals surface area contributed by atoms with E-state index in [-0.39, 0.29) is 5.92 Å². The zero-order valence-electron chi connectivity index (χ0n) is 12.5. The van der Waals surface area contributed by atoms with Gasteiger partial charge in [-0.3, -0.25) is 0 Å². The molecule has 0 unspecified atom stereocenters. The molecule has 0 aliphatic carbocycles. The highest BCUT2D eigenvalue weighted by Crippen LogP contribution is 2.44. The third-order valence-electron chi connectivity index (χ3n) is 3.44. The van der Waals surface area contributed by atoms with Gasteiger partial charge in [0.25, 0.3) is 0 Å². The largest absolute Gasteiger partial charge is 0.465 e. The Bertz CT molecular complexity index is 692. The number of carbonyl (C=O) groups is 1. The van der Waals surface area contributed by atoms with E-state index in [1.807, 2.05) is 25.1 Å². The molecule has 1 aromatic heterocycles. The second-order valence-corrected chi connectivity index (χ2v) is 6.57. The Morgan fingerprint density at radius 3 is 2.62 bits per heavy atom. The molecule has 0 spiro atoms. The summed E-state index contributed by atoms with van der Waals surface area (Å²) >= 11 is 7.58. The van der Waals surface area contributed by atoms with Crippen molar-refractivity contribution >= 4 is 34.6 Å². The summed E-state index contributed by atoms with van der Waals surface area (Å²) in [6, 6.07) is 5.76. The van der Waals surface area contributed by atoms with Crippen LogP contribution in [0.5, 0.6) is 0 Å². The lowest BCUT2D eigenvalue weighted by atomic mass is 9.96. The number of benzene rings is 1. The Labute approximate surface area is 133 Å². The van der Waals surface area contributed by atoms with Crippen LogP contribution in [0.15, 0.2) is 18.2 Å². The fourth-order valence-electron chi connectivity index (χ4n) is 2.33. The van der Waals surface area contributed by atoms with Gasteiger partial charge >= 0.3 is 5.97 Å². The van der Waals surface area contributed by atoms with Crippen molar-refractivity contribution in [2.45, 2.75) is 26.7 Å². The first-order valence-electron chi connectivity index (χ1n) is 6.64. The molecule has 0 atom stereocenters. The molecule has 2 rings (SSSR count). The molecule has 0 aliphatic heterocycles. The topological polar surface area (TPSA) is 52.3 Å². The molecule has 0 aliphatic rings. The van der Waals surface area contributed by atoms with Crippen molar-refractivity contribution in [3.63, 3.8) is 0 Å². The van der Waals surface area contributed by atoms with E-state index in [1.54, 1.807) is 0 Å². The molecule has 3 nitrogen and oxygen atoms in total. The molecular weight excluding hydrogens is 306 g/mol. The number of rotatable bonds is 3. The van der Waals surface area contributed by atoms with Gasteiger partial charge in [-0.1, -0.05) is 37.6 Å². The standard InChI is InChI=1S/C16H18ClNO2S/c1-8(2)12-13(18)15(16(19)20-4)21-14(12)10-6-5-7-11(17)9(10)3/h5-8H,18H2,1-4H3. The maximum atomic E-state index is 11.9. The van der Waals surface area contributed by atoms with E-state index >= 15 is 0 Å². The van der Waals surface area contributed by atoms with Crippen molar-refractivity contribution in [2.75, 3.05) is 12.8 Å². The van der Waals surface area contributed by atoms with Crippen LogP contribution in [0.4, 0.5) is 5.69 Å². The highest BCUT2D eigenvalue weighted by molar-refractivity contribution is 7.18. The fraction of sp³-hybridized carbons (Fsp3) is 0.312. The van der Waals surface area contributed by atoms with Gasteiger partial charge in [0, 0.05) is 9.90 Å². The zero-order valence-corrected chi connectivity index (χ0v) is 14.1. The summed E-state index contributed by atoms with van der Waals surface area (Å²) in [5.74, 6) is -0.196. The highest BCUT2D eigenvalue weighted by Gasteiger charge is 2.25. The third kappa shape index (κ3) is 2.78. The van der Waals surface area contributed by atoms with Crippen LogP contribution in [0.2, 0.25) is 5.02 Å². The SMILES string of the molecule is COC(=O)c1sc(-c2cccc(Cl)c2C)c(C(C)C)c1N. The maximum Gasteiger partial charge on any atom is 0.350 e. The van der Waals surface area contributed by atoms with Crippen molar-refractivity contribution in [2.24, 2.45) is 0 Å². The number of halogens is 1. The van der Waals surface area contributed by atoms with E-state index in [0.29, 0.717) is 15.6 Å². The minimum atomic E-state index is -0.398. The van der Waals surface area contributed by atoms with Crippen LogP contribution in [0.25, 0.3) is 10.4 Å². The minimum Gasteiger partial charge on any atom is -0.465 e. The molecular formula is C16H18ClNO2S. The number of nitrogens with two attached hydrogens (primary N) is 1. The molecule has 0 amide bonds. The van der Waals surface area contributed by atoms with Crippen LogP contribution in [-0.4, -0.2) is 13.1 Å². The number of nitrogen functional groups attached to an aromatic ring is 1. The van der Waals surface area contributed by atoms with E-state index in [0.717, 1.165) is 21.6 Å². The highest BCUT2D eigenvalue weighted by atomic mass is 35.5. The smallest absolute Gasteiger partial charge is 0.350 e. The molecule has 1 heterocycles. The maximum absolute atomic E-state index is 11.9. The van der Waals surface area contributed by atoms with E-state index in [2.05, 4.69) is 13.8 Å². The molecule has 112 valence electrons. The lowest BCUT2D eigenvalue weighted by Gasteiger charge is -2.11. The number of methoxy groups -OCH3 is 1. The Morgan fingerprint density at radius 2 is 2.05 bits per heavy atom. The van der Waals surface area contributed by atoms with E-state index in [4.69, 9.17) is 22.1 Å². The van der Waals surface area contributed by atoms with Crippen molar-refractivity contribution in [1.82, 2.24) is 0 Å². The van der Waals surface area contributed by atoms with E-state index < -0.39 is 5.97 Å². The molecule has 0 bridgehead atoms. The predicted octanol–water partition coefficient (Wildman–Crippen LogP) is 4.87. The van der Waals surface area contributed by atoms with Crippen LogP contribution >= 0.6 is 22.9 Å². The summed E-state index contributed by atoms with van der Waals surface area (Å²) in [6.45, 7) is 6.08. The summed E-state index contributed by atoms with van der Waals surface area (Å²) in [5, 5.41) is 0.703. The predicted molar refractivity (Wildman–Crippen MR) is 89.3 cm³/mol. The first kappa shape index (κ1) is 15.9. The summed E-state index contributed by atoms with van der Waals surface area (Å²) in [4.78, 5) is 13.3. The van der Waals surface area contributed by atoms with Crippen molar-refractivity contribution < 1.29 is 9.53 Å². The van der Waals surface area contributed by atoms with Gasteiger partial charge in [-0.2, -0.15) is 0 Å². The lowest BCUT2D eigenvalue weighted by Crippen LogP contribution is -2.03. The molecule has 2 N–H and O–H groups in total. The van der Waals surface area contributed by atoms with Gasteiger partial charge in [0.05, 0.1) is 12.8 Å². The summed E-state index contributed by atoms with van der Waals surface area (Å²) in [6.07, 6.45) is 0. The second kappa shape index (κ2) is 6.08. The van der Waals surface area contributed by atoms with Gasteiger partial charge in [-0.15, -0.1) is 11.3 Å². The second-order valence-electron chi connectivity index (χ2n) is 5.15. The van der Waals surface area contributed by atoms with Gasteiger partial charge in [-0.05, 0) is 35.6 Å². The Balaban J connectivity index is 2.74. The zero-order chi connectivity index (χ0) is 15.7. The van der Waals surface area contributed by atoms with Crippen molar-refractivity contribution in [3.8, 4) is 10.4 Å². The Morgan fingerprint density at radius 1 is 1.38 bits per heavy atom. The molecule has 2 aromatic rings. The number of anilines is 1. The fourth-order valence-corrected chi connectivity index (χ4v) is 3.88. The number of esters is 1. The first-order valence-corrected chi connectivity index (χ1v) is 7.83. The first-order chi connectivity index (χ1) is 9.88. The Kier molecular flexibility index (Phi) is 4.59. The van der Waals surface area contributed by atoms with Crippen molar-refractivity contribution in [1.29, 1.82) is 0 Å². The van der Waals surface area contributed by atoms with Crippen LogP contribution in [-0.2, 0) is 4.74 Å². The van der Waals surface area contributed by atoms with Gasteiger partial charge in [0.1, 0.15) is 4.88 Å². The van der Waals surface area contributed by atoms with E-state index in [9.17, 15) is 4.79 Å². The van der Waals surface area contributed by atoms with Gasteiger partial charge in [-0.25, -0.2) is 4.79 Å². The van der Waals surface area contributed by atoms with Crippen LogP contribution in [0.3, 0.4) is 0 Å². The number of hydrogen-bond donors (Lipinski definition) is 1. The average molecular weight is 324 g/mol. The molecule has 0 saturated carbocycles. The summed E-state index contributed by atoms with van der Waals surface area (Å²) in [5.41, 5.74) is 9.67. The van der Waals surface area contributed by atoms with Crippen LogP contribution in [0.1, 0.15) is 40.6 Å². The quantitative estimate of drug-likeness (QED) is 0.820. The van der Waals surface area contributed by atoms with Gasteiger partial charge < -0.3 is 10.5 Å². The molecule has 0 radical (unpaired) electrons. The van der Waals surface area contributed by atoms with Crippen LogP contribution < -0.4 is 5.73 Å². The number of thiophene rings is 1. The van der Waals surface area contributed by atoms with Crippen molar-refractivity contribution in [3.05, 3.63) is 39.2 Å². The summed E-state index contributed by atoms with van der Waals surface area (Å²) < 4.78 is 4.82. The monoisotopic (exact) mass is 323 g/mol. The molecule has 0 saturated heterocycles. The average Bonchev–Trinajstić information content (AvgIpc) is 2.78.